The van der Waals surface area contributed by atoms with Crippen molar-refractivity contribution in [3.63, 3.8) is 0 Å². The molecule has 1 saturated heterocycles. The topological polar surface area (TPSA) is 64.7 Å². The summed E-state index contributed by atoms with van der Waals surface area (Å²) in [6.07, 6.45) is -0.248. The van der Waals surface area contributed by atoms with Gasteiger partial charge < -0.3 is 20.3 Å². The Morgan fingerprint density at radius 1 is 1.33 bits per heavy atom. The van der Waals surface area contributed by atoms with E-state index in [9.17, 15) is 5.11 Å². The molecule has 3 N–H and O–H groups in total. The summed E-state index contributed by atoms with van der Waals surface area (Å²) in [5, 5.41) is 9.52. The molecular formula is C8H15NO3. The fourth-order valence-corrected chi connectivity index (χ4v) is 1.99. The van der Waals surface area contributed by atoms with Crippen molar-refractivity contribution in [2.24, 2.45) is 5.73 Å². The number of nitrogens with two attached hydrogens (primary N) is 1. The van der Waals surface area contributed by atoms with E-state index in [1.54, 1.807) is 0 Å². The highest BCUT2D eigenvalue weighted by molar-refractivity contribution is 5.00. The van der Waals surface area contributed by atoms with E-state index in [-0.39, 0.29) is 18.2 Å². The lowest BCUT2D eigenvalue weighted by molar-refractivity contribution is -0.163. The largest absolute Gasteiger partial charge is 0.390 e. The Morgan fingerprint density at radius 2 is 1.92 bits per heavy atom. The molecule has 0 bridgehead atoms. The molecule has 1 aliphatic heterocycles. The van der Waals surface area contributed by atoms with Gasteiger partial charge in [0, 0.05) is 6.04 Å². The van der Waals surface area contributed by atoms with Crippen LogP contribution < -0.4 is 5.73 Å². The minimum atomic E-state index is -0.589. The fraction of sp³-hybridized carbons (Fsp3) is 1.00. The molecule has 0 amide bonds. The summed E-state index contributed by atoms with van der Waals surface area (Å²) in [4.78, 5) is 0. The second-order valence-corrected chi connectivity index (χ2v) is 4.03. The molecule has 4 nitrogen and oxygen atoms in total. The second kappa shape index (κ2) is 2.42. The summed E-state index contributed by atoms with van der Waals surface area (Å²) in [6, 6.07) is -0.0909. The van der Waals surface area contributed by atoms with Crippen LogP contribution in [-0.4, -0.2) is 35.2 Å². The van der Waals surface area contributed by atoms with Crippen LogP contribution in [0, 0.1) is 0 Å². The minimum Gasteiger partial charge on any atom is -0.390 e. The smallest absolute Gasteiger partial charge is 0.163 e. The number of aliphatic hydroxyl groups is 1. The third-order valence-electron chi connectivity index (χ3n) is 2.48. The van der Waals surface area contributed by atoms with Crippen molar-refractivity contribution in [2.75, 3.05) is 0 Å². The molecular weight excluding hydrogens is 158 g/mol. The van der Waals surface area contributed by atoms with Gasteiger partial charge in [-0.15, -0.1) is 0 Å². The maximum Gasteiger partial charge on any atom is 0.163 e. The first kappa shape index (κ1) is 8.44. The van der Waals surface area contributed by atoms with Crippen LogP contribution in [0.1, 0.15) is 20.3 Å². The summed E-state index contributed by atoms with van der Waals surface area (Å²) in [5.41, 5.74) is 5.77. The van der Waals surface area contributed by atoms with E-state index in [2.05, 4.69) is 0 Å². The Labute approximate surface area is 71.6 Å². The molecule has 2 rings (SSSR count). The van der Waals surface area contributed by atoms with Gasteiger partial charge in [0.05, 0.1) is 6.10 Å². The van der Waals surface area contributed by atoms with E-state index in [0.717, 1.165) is 0 Å². The highest BCUT2D eigenvalue weighted by atomic mass is 16.8. The molecule has 0 aromatic rings. The van der Waals surface area contributed by atoms with Crippen LogP contribution in [0.3, 0.4) is 0 Å². The zero-order valence-electron chi connectivity index (χ0n) is 7.36. The van der Waals surface area contributed by atoms with Crippen molar-refractivity contribution in [2.45, 2.75) is 50.4 Å². The molecule has 0 spiro atoms. The second-order valence-electron chi connectivity index (χ2n) is 4.03. The normalized spacial score (nSPS) is 51.0. The number of fused-ring (bicyclic) bond motifs is 1. The molecule has 1 aliphatic carbocycles. The zero-order valence-corrected chi connectivity index (χ0v) is 7.36. The molecule has 2 fully saturated rings. The standard InChI is InChI=1S/C8H15NO3/c1-8(2)11-6-4(9)3-5(10)7(6)12-8/h4-7,10H,3,9H2,1-2H3/t4?,5-,6-,7+/m0/s1. The summed E-state index contributed by atoms with van der Waals surface area (Å²) in [6.45, 7) is 3.68. The van der Waals surface area contributed by atoms with Gasteiger partial charge in [-0.3, -0.25) is 0 Å². The quantitative estimate of drug-likeness (QED) is 0.523. The first-order valence-corrected chi connectivity index (χ1v) is 4.29. The van der Waals surface area contributed by atoms with Crippen LogP contribution in [0.4, 0.5) is 0 Å². The van der Waals surface area contributed by atoms with Crippen LogP contribution in [0.25, 0.3) is 0 Å². The average Bonchev–Trinajstić information content (AvgIpc) is 2.34. The van der Waals surface area contributed by atoms with Crippen LogP contribution in [0.5, 0.6) is 0 Å². The monoisotopic (exact) mass is 173 g/mol. The van der Waals surface area contributed by atoms with Gasteiger partial charge in [0.15, 0.2) is 5.79 Å². The highest BCUT2D eigenvalue weighted by Crippen LogP contribution is 2.37. The first-order valence-electron chi connectivity index (χ1n) is 4.29. The van der Waals surface area contributed by atoms with E-state index in [0.29, 0.717) is 6.42 Å². The molecule has 70 valence electrons. The van der Waals surface area contributed by atoms with E-state index >= 15 is 0 Å². The van der Waals surface area contributed by atoms with E-state index in [4.69, 9.17) is 15.2 Å². The van der Waals surface area contributed by atoms with Gasteiger partial charge in [0.25, 0.3) is 0 Å². The predicted octanol–water partition coefficient (Wildman–Crippen LogP) is -0.402. The van der Waals surface area contributed by atoms with Gasteiger partial charge in [0.1, 0.15) is 12.2 Å². The average molecular weight is 173 g/mol. The molecule has 4 heteroatoms. The summed E-state index contributed by atoms with van der Waals surface area (Å²) in [5.74, 6) is -0.589. The molecule has 4 atom stereocenters. The third-order valence-corrected chi connectivity index (χ3v) is 2.48. The van der Waals surface area contributed by atoms with Crippen molar-refractivity contribution in [1.29, 1.82) is 0 Å². The van der Waals surface area contributed by atoms with Crippen LogP contribution >= 0.6 is 0 Å². The van der Waals surface area contributed by atoms with Gasteiger partial charge in [-0.05, 0) is 20.3 Å². The van der Waals surface area contributed by atoms with Gasteiger partial charge in [-0.1, -0.05) is 0 Å². The number of hydrogen-bond donors (Lipinski definition) is 2. The Balaban J connectivity index is 2.15. The Kier molecular flexibility index (Phi) is 1.70. The van der Waals surface area contributed by atoms with Crippen molar-refractivity contribution < 1.29 is 14.6 Å². The zero-order chi connectivity index (χ0) is 8.93. The lowest BCUT2D eigenvalue weighted by Gasteiger charge is -2.20. The van der Waals surface area contributed by atoms with Crippen molar-refractivity contribution in [1.82, 2.24) is 0 Å². The Morgan fingerprint density at radius 3 is 2.50 bits per heavy atom. The van der Waals surface area contributed by atoms with Gasteiger partial charge >= 0.3 is 0 Å². The molecule has 0 radical (unpaired) electrons. The van der Waals surface area contributed by atoms with Gasteiger partial charge in [0.2, 0.25) is 0 Å². The lowest BCUT2D eigenvalue weighted by Crippen LogP contribution is -2.35. The molecule has 1 heterocycles. The molecule has 2 aliphatic rings. The maximum atomic E-state index is 9.52. The number of rotatable bonds is 0. The van der Waals surface area contributed by atoms with Crippen molar-refractivity contribution >= 4 is 0 Å². The molecule has 1 unspecified atom stereocenters. The molecule has 0 aromatic heterocycles. The molecule has 0 aromatic carbocycles. The molecule has 12 heavy (non-hydrogen) atoms. The summed E-state index contributed by atoms with van der Waals surface area (Å²) >= 11 is 0. The maximum absolute atomic E-state index is 9.52. The summed E-state index contributed by atoms with van der Waals surface area (Å²) < 4.78 is 11.1. The van der Waals surface area contributed by atoms with Crippen LogP contribution in [0.2, 0.25) is 0 Å². The molecule has 1 saturated carbocycles. The van der Waals surface area contributed by atoms with Crippen molar-refractivity contribution in [3.05, 3.63) is 0 Å². The van der Waals surface area contributed by atoms with E-state index in [1.165, 1.54) is 0 Å². The van der Waals surface area contributed by atoms with E-state index < -0.39 is 11.9 Å². The first-order chi connectivity index (χ1) is 5.49. The summed E-state index contributed by atoms with van der Waals surface area (Å²) in [7, 11) is 0. The van der Waals surface area contributed by atoms with Gasteiger partial charge in [-0.25, -0.2) is 0 Å². The minimum absolute atomic E-state index is 0.0909. The van der Waals surface area contributed by atoms with Gasteiger partial charge in [-0.2, -0.15) is 0 Å². The SMILES string of the molecule is CC1(C)O[C@@H]2[C@@H](O)CC(N)[C@@H]2O1. The Hall–Kier alpha value is -0.160. The van der Waals surface area contributed by atoms with Crippen LogP contribution in [-0.2, 0) is 9.47 Å². The number of aliphatic hydroxyl groups excluding tert-OH is 1. The van der Waals surface area contributed by atoms with Crippen molar-refractivity contribution in [3.8, 4) is 0 Å². The number of hydrogen-bond acceptors (Lipinski definition) is 4. The fourth-order valence-electron chi connectivity index (χ4n) is 1.99. The highest BCUT2D eigenvalue weighted by Gasteiger charge is 2.52. The number of ether oxygens (including phenoxy) is 2. The third kappa shape index (κ3) is 1.15. The lowest BCUT2D eigenvalue weighted by atomic mass is 10.2. The van der Waals surface area contributed by atoms with Crippen LogP contribution in [0.15, 0.2) is 0 Å². The predicted molar refractivity (Wildman–Crippen MR) is 42.4 cm³/mol. The Bertz CT molecular complexity index is 177. The van der Waals surface area contributed by atoms with E-state index in [1.807, 2.05) is 13.8 Å².